The molecule has 0 unspecified atom stereocenters. The van der Waals surface area contributed by atoms with Crippen LogP contribution in [0.2, 0.25) is 0 Å². The van der Waals surface area contributed by atoms with Gasteiger partial charge in [0.15, 0.2) is 0 Å². The molecule has 0 saturated heterocycles. The van der Waals surface area contributed by atoms with E-state index in [1.807, 2.05) is 31.2 Å². The molecular formula is C14H13NO2. The lowest BCUT2D eigenvalue weighted by molar-refractivity contribution is 0.103. The van der Waals surface area contributed by atoms with Crippen LogP contribution in [0, 0.1) is 6.92 Å². The second kappa shape index (κ2) is 4.78. The van der Waals surface area contributed by atoms with E-state index in [1.165, 1.54) is 0 Å². The number of benzene rings is 1. The van der Waals surface area contributed by atoms with Crippen LogP contribution in [0.15, 0.2) is 42.5 Å². The molecule has 3 heteroatoms. The van der Waals surface area contributed by atoms with E-state index < -0.39 is 0 Å². The Kier molecular flexibility index (Phi) is 3.19. The van der Waals surface area contributed by atoms with E-state index in [0.29, 0.717) is 17.0 Å². The zero-order valence-corrected chi connectivity index (χ0v) is 9.81. The molecule has 86 valence electrons. The average molecular weight is 227 g/mol. The molecule has 0 saturated carbocycles. The first-order valence-corrected chi connectivity index (χ1v) is 5.34. The quantitative estimate of drug-likeness (QED) is 0.757. The number of hydrogen-bond acceptors (Lipinski definition) is 3. The molecular weight excluding hydrogens is 214 g/mol. The first kappa shape index (κ1) is 11.3. The molecule has 17 heavy (non-hydrogen) atoms. The number of ether oxygens (including phenoxy) is 1. The number of methoxy groups -OCH3 is 1. The van der Waals surface area contributed by atoms with Gasteiger partial charge in [0.25, 0.3) is 0 Å². The number of aryl methyl sites for hydroxylation is 1. The van der Waals surface area contributed by atoms with E-state index in [4.69, 9.17) is 4.74 Å². The molecule has 0 atom stereocenters. The van der Waals surface area contributed by atoms with Gasteiger partial charge in [0.2, 0.25) is 5.78 Å². The maximum absolute atomic E-state index is 12.2. The van der Waals surface area contributed by atoms with Crippen LogP contribution >= 0.6 is 0 Å². The summed E-state index contributed by atoms with van der Waals surface area (Å²) >= 11 is 0. The lowest BCUT2D eigenvalue weighted by Gasteiger charge is -2.06. The number of carbonyl (C=O) groups is 1. The van der Waals surface area contributed by atoms with Gasteiger partial charge in [-0.05, 0) is 31.2 Å². The maximum Gasteiger partial charge on any atom is 0.215 e. The SMILES string of the molecule is COc1ccccc1C(=O)c1cccc(C)n1. The third-order valence-corrected chi connectivity index (χ3v) is 2.47. The maximum atomic E-state index is 12.2. The first-order chi connectivity index (χ1) is 8.22. The Morgan fingerprint density at radius 2 is 1.88 bits per heavy atom. The minimum atomic E-state index is -0.119. The highest BCUT2D eigenvalue weighted by Crippen LogP contribution is 2.20. The van der Waals surface area contributed by atoms with Gasteiger partial charge >= 0.3 is 0 Å². The molecule has 2 rings (SSSR count). The fraction of sp³-hybridized carbons (Fsp3) is 0.143. The number of nitrogens with zero attached hydrogens (tertiary/aromatic N) is 1. The normalized spacial score (nSPS) is 10.0. The highest BCUT2D eigenvalue weighted by Gasteiger charge is 2.14. The van der Waals surface area contributed by atoms with Gasteiger partial charge < -0.3 is 4.74 Å². The van der Waals surface area contributed by atoms with Crippen molar-refractivity contribution >= 4 is 5.78 Å². The third kappa shape index (κ3) is 2.33. The van der Waals surface area contributed by atoms with E-state index in [0.717, 1.165) is 5.69 Å². The van der Waals surface area contributed by atoms with Crippen molar-refractivity contribution in [3.05, 3.63) is 59.4 Å². The van der Waals surface area contributed by atoms with Gasteiger partial charge in [-0.25, -0.2) is 4.98 Å². The predicted molar refractivity (Wildman–Crippen MR) is 65.4 cm³/mol. The van der Waals surface area contributed by atoms with Crippen molar-refractivity contribution < 1.29 is 9.53 Å². The van der Waals surface area contributed by atoms with E-state index in [9.17, 15) is 4.79 Å². The van der Waals surface area contributed by atoms with Gasteiger partial charge in [-0.1, -0.05) is 18.2 Å². The fourth-order valence-corrected chi connectivity index (χ4v) is 1.64. The van der Waals surface area contributed by atoms with Crippen LogP contribution in [0.1, 0.15) is 21.7 Å². The number of para-hydroxylation sites is 1. The van der Waals surface area contributed by atoms with Gasteiger partial charge in [0.1, 0.15) is 11.4 Å². The van der Waals surface area contributed by atoms with Gasteiger partial charge in [-0.15, -0.1) is 0 Å². The number of carbonyl (C=O) groups excluding carboxylic acids is 1. The number of rotatable bonds is 3. The fourth-order valence-electron chi connectivity index (χ4n) is 1.64. The van der Waals surface area contributed by atoms with Crippen LogP contribution in [0.25, 0.3) is 0 Å². The van der Waals surface area contributed by atoms with Gasteiger partial charge in [-0.2, -0.15) is 0 Å². The molecule has 0 aliphatic rings. The monoisotopic (exact) mass is 227 g/mol. The van der Waals surface area contributed by atoms with Crippen molar-refractivity contribution in [1.29, 1.82) is 0 Å². The summed E-state index contributed by atoms with van der Waals surface area (Å²) in [7, 11) is 1.55. The summed E-state index contributed by atoms with van der Waals surface area (Å²) in [5.74, 6) is 0.451. The molecule has 0 spiro atoms. The summed E-state index contributed by atoms with van der Waals surface area (Å²) in [6.07, 6.45) is 0. The molecule has 3 nitrogen and oxygen atoms in total. The second-order valence-electron chi connectivity index (χ2n) is 3.69. The van der Waals surface area contributed by atoms with E-state index >= 15 is 0 Å². The third-order valence-electron chi connectivity index (χ3n) is 2.47. The number of ketones is 1. The Labute approximate surface area is 100 Å². The number of pyridine rings is 1. The molecule has 0 amide bonds. The van der Waals surface area contributed by atoms with Gasteiger partial charge in [-0.3, -0.25) is 4.79 Å². The van der Waals surface area contributed by atoms with E-state index in [2.05, 4.69) is 4.98 Å². The highest BCUT2D eigenvalue weighted by atomic mass is 16.5. The Morgan fingerprint density at radius 1 is 1.12 bits per heavy atom. The van der Waals surface area contributed by atoms with Crippen LogP contribution in [-0.2, 0) is 0 Å². The van der Waals surface area contributed by atoms with Crippen molar-refractivity contribution in [2.75, 3.05) is 7.11 Å². The summed E-state index contributed by atoms with van der Waals surface area (Å²) in [4.78, 5) is 16.5. The Morgan fingerprint density at radius 3 is 2.59 bits per heavy atom. The molecule has 0 fully saturated rings. The second-order valence-corrected chi connectivity index (χ2v) is 3.69. The lowest BCUT2D eigenvalue weighted by Crippen LogP contribution is -2.06. The summed E-state index contributed by atoms with van der Waals surface area (Å²) in [6, 6.07) is 12.5. The predicted octanol–water partition coefficient (Wildman–Crippen LogP) is 2.63. The molecule has 1 aromatic heterocycles. The summed E-state index contributed by atoms with van der Waals surface area (Å²) in [5.41, 5.74) is 1.80. The van der Waals surface area contributed by atoms with Crippen LogP contribution in [-0.4, -0.2) is 17.9 Å². The first-order valence-electron chi connectivity index (χ1n) is 5.34. The van der Waals surface area contributed by atoms with Crippen LogP contribution < -0.4 is 4.74 Å². The van der Waals surface area contributed by atoms with Crippen LogP contribution in [0.5, 0.6) is 5.75 Å². The molecule has 2 aromatic rings. The molecule has 1 heterocycles. The van der Waals surface area contributed by atoms with Gasteiger partial charge in [0, 0.05) is 5.69 Å². The Balaban J connectivity index is 2.44. The molecule has 0 aliphatic carbocycles. The zero-order valence-electron chi connectivity index (χ0n) is 9.81. The van der Waals surface area contributed by atoms with Crippen LogP contribution in [0.3, 0.4) is 0 Å². The largest absolute Gasteiger partial charge is 0.496 e. The van der Waals surface area contributed by atoms with E-state index in [-0.39, 0.29) is 5.78 Å². The van der Waals surface area contributed by atoms with Crippen LogP contribution in [0.4, 0.5) is 0 Å². The molecule has 1 aromatic carbocycles. The summed E-state index contributed by atoms with van der Waals surface area (Å²) in [6.45, 7) is 1.86. The molecule has 0 aliphatic heterocycles. The Bertz CT molecular complexity index is 549. The molecule has 0 bridgehead atoms. The van der Waals surface area contributed by atoms with Crippen molar-refractivity contribution in [3.63, 3.8) is 0 Å². The molecule has 0 N–H and O–H groups in total. The van der Waals surface area contributed by atoms with Crippen molar-refractivity contribution in [3.8, 4) is 5.75 Å². The molecule has 0 radical (unpaired) electrons. The van der Waals surface area contributed by atoms with Crippen molar-refractivity contribution in [2.24, 2.45) is 0 Å². The zero-order chi connectivity index (χ0) is 12.3. The highest BCUT2D eigenvalue weighted by molar-refractivity contribution is 6.09. The van der Waals surface area contributed by atoms with Crippen molar-refractivity contribution in [2.45, 2.75) is 6.92 Å². The lowest BCUT2D eigenvalue weighted by atomic mass is 10.1. The average Bonchev–Trinajstić information content (AvgIpc) is 2.38. The summed E-state index contributed by atoms with van der Waals surface area (Å²) < 4.78 is 5.17. The standard InChI is InChI=1S/C14H13NO2/c1-10-6-5-8-12(15-10)14(16)11-7-3-4-9-13(11)17-2/h3-9H,1-2H3. The minimum Gasteiger partial charge on any atom is -0.496 e. The summed E-state index contributed by atoms with van der Waals surface area (Å²) in [5, 5.41) is 0. The Hall–Kier alpha value is -2.16. The van der Waals surface area contributed by atoms with Crippen molar-refractivity contribution in [1.82, 2.24) is 4.98 Å². The minimum absolute atomic E-state index is 0.119. The smallest absolute Gasteiger partial charge is 0.215 e. The van der Waals surface area contributed by atoms with Gasteiger partial charge in [0.05, 0.1) is 12.7 Å². The number of aromatic nitrogens is 1. The number of hydrogen-bond donors (Lipinski definition) is 0. The van der Waals surface area contributed by atoms with E-state index in [1.54, 1.807) is 25.3 Å². The topological polar surface area (TPSA) is 39.2 Å².